The maximum absolute atomic E-state index is 2.24. The van der Waals surface area contributed by atoms with E-state index >= 15 is 0 Å². The van der Waals surface area contributed by atoms with Crippen LogP contribution in [-0.2, 0) is 0 Å². The number of rotatable bonds is 0. The summed E-state index contributed by atoms with van der Waals surface area (Å²) in [6, 6.07) is 0. The molecule has 0 saturated heterocycles. The summed E-state index contributed by atoms with van der Waals surface area (Å²) < 4.78 is 0. The quantitative estimate of drug-likeness (QED) is 0.436. The van der Waals surface area contributed by atoms with Crippen LogP contribution in [0.3, 0.4) is 0 Å². The molecule has 0 aliphatic heterocycles. The fourth-order valence-corrected chi connectivity index (χ4v) is 0.589. The van der Waals surface area contributed by atoms with Crippen LogP contribution < -0.4 is 0 Å². The zero-order valence-electron chi connectivity index (χ0n) is 6.85. The molecule has 0 heteroatoms. The largest absolute Gasteiger partial charge is 0.0885 e. The van der Waals surface area contributed by atoms with Crippen molar-refractivity contribution in [3.8, 4) is 0 Å². The Balaban J connectivity index is 0.000000148. The van der Waals surface area contributed by atoms with Crippen LogP contribution in [0.15, 0.2) is 12.2 Å². The standard InChI is InChI=1S/C5H8.C4H10/c1-2-4-5-3-1;1-4(2)3/h1-2H,3-5H2;4H,1-3H3. The topological polar surface area (TPSA) is 0 Å². The third-order valence-electron chi connectivity index (χ3n) is 0.908. The van der Waals surface area contributed by atoms with Crippen molar-refractivity contribution in [2.45, 2.75) is 40.0 Å². The Kier molecular flexibility index (Phi) is 5.70. The molecule has 0 fully saturated rings. The zero-order chi connectivity index (χ0) is 7.11. The van der Waals surface area contributed by atoms with Gasteiger partial charge >= 0.3 is 0 Å². The second-order valence-electron chi connectivity index (χ2n) is 3.13. The lowest BCUT2D eigenvalue weighted by molar-refractivity contribution is 0.737. The number of hydrogen-bond acceptors (Lipinski definition) is 0. The van der Waals surface area contributed by atoms with E-state index in [1.807, 2.05) is 0 Å². The highest BCUT2D eigenvalue weighted by Crippen LogP contribution is 2.05. The van der Waals surface area contributed by atoms with Gasteiger partial charge in [0.15, 0.2) is 0 Å². The smallest absolute Gasteiger partial charge is 0.0348 e. The third-order valence-corrected chi connectivity index (χ3v) is 0.908. The van der Waals surface area contributed by atoms with Crippen LogP contribution in [0.4, 0.5) is 0 Å². The van der Waals surface area contributed by atoms with E-state index in [2.05, 4.69) is 32.9 Å². The van der Waals surface area contributed by atoms with Crippen LogP contribution >= 0.6 is 0 Å². The van der Waals surface area contributed by atoms with Gasteiger partial charge in [0.1, 0.15) is 0 Å². The van der Waals surface area contributed by atoms with Crippen molar-refractivity contribution in [2.24, 2.45) is 5.92 Å². The fraction of sp³-hybridized carbons (Fsp3) is 0.778. The summed E-state index contributed by atoms with van der Waals surface area (Å²) in [5.74, 6) is 0.833. The summed E-state index contributed by atoms with van der Waals surface area (Å²) in [6.07, 6.45) is 8.50. The minimum Gasteiger partial charge on any atom is -0.0885 e. The van der Waals surface area contributed by atoms with E-state index in [-0.39, 0.29) is 0 Å². The molecule has 0 aromatic carbocycles. The molecular formula is C9H18. The van der Waals surface area contributed by atoms with E-state index in [0.717, 1.165) is 5.92 Å². The lowest BCUT2D eigenvalue weighted by Crippen LogP contribution is -1.66. The molecule has 0 nitrogen and oxygen atoms in total. The Morgan fingerprint density at radius 3 is 1.44 bits per heavy atom. The van der Waals surface area contributed by atoms with Crippen molar-refractivity contribution in [3.63, 3.8) is 0 Å². The van der Waals surface area contributed by atoms with Gasteiger partial charge in [-0.15, -0.1) is 0 Å². The van der Waals surface area contributed by atoms with Crippen LogP contribution in [0.5, 0.6) is 0 Å². The first-order valence-electron chi connectivity index (χ1n) is 3.88. The molecule has 0 aromatic rings. The van der Waals surface area contributed by atoms with E-state index in [1.165, 1.54) is 19.3 Å². The lowest BCUT2D eigenvalue weighted by Gasteiger charge is -1.79. The van der Waals surface area contributed by atoms with Crippen LogP contribution in [0.25, 0.3) is 0 Å². The molecule has 0 N–H and O–H groups in total. The SMILES string of the molecule is C1=CCCC1.CC(C)C. The second kappa shape index (κ2) is 5.87. The minimum atomic E-state index is 0.833. The van der Waals surface area contributed by atoms with Crippen LogP contribution in [0.1, 0.15) is 40.0 Å². The molecule has 54 valence electrons. The molecule has 1 rings (SSSR count). The van der Waals surface area contributed by atoms with E-state index in [9.17, 15) is 0 Å². The molecule has 0 unspecified atom stereocenters. The van der Waals surface area contributed by atoms with Crippen molar-refractivity contribution in [1.29, 1.82) is 0 Å². The van der Waals surface area contributed by atoms with Crippen LogP contribution in [0.2, 0.25) is 0 Å². The molecule has 0 atom stereocenters. The Labute approximate surface area is 59.0 Å². The third kappa shape index (κ3) is 11.4. The monoisotopic (exact) mass is 126 g/mol. The van der Waals surface area contributed by atoms with Gasteiger partial charge in [-0.2, -0.15) is 0 Å². The van der Waals surface area contributed by atoms with Crippen molar-refractivity contribution >= 4 is 0 Å². The first-order valence-corrected chi connectivity index (χ1v) is 3.88. The molecule has 9 heavy (non-hydrogen) atoms. The second-order valence-corrected chi connectivity index (χ2v) is 3.13. The highest BCUT2D eigenvalue weighted by Gasteiger charge is 1.84. The summed E-state index contributed by atoms with van der Waals surface area (Å²) in [7, 11) is 0. The van der Waals surface area contributed by atoms with Crippen molar-refractivity contribution in [3.05, 3.63) is 12.2 Å². The maximum atomic E-state index is 2.24. The first kappa shape index (κ1) is 8.74. The normalized spacial score (nSPS) is 15.6. The van der Waals surface area contributed by atoms with Gasteiger partial charge in [-0.1, -0.05) is 32.9 Å². The van der Waals surface area contributed by atoms with Crippen LogP contribution in [0, 0.1) is 5.92 Å². The van der Waals surface area contributed by atoms with Gasteiger partial charge in [-0.25, -0.2) is 0 Å². The summed E-state index contributed by atoms with van der Waals surface area (Å²) >= 11 is 0. The van der Waals surface area contributed by atoms with Crippen molar-refractivity contribution in [1.82, 2.24) is 0 Å². The highest BCUT2D eigenvalue weighted by molar-refractivity contribution is 4.88. The highest BCUT2D eigenvalue weighted by atomic mass is 13.9. The molecule has 0 amide bonds. The maximum Gasteiger partial charge on any atom is -0.0348 e. The van der Waals surface area contributed by atoms with E-state index in [4.69, 9.17) is 0 Å². The zero-order valence-corrected chi connectivity index (χ0v) is 6.85. The molecule has 1 aliphatic carbocycles. The molecular weight excluding hydrogens is 108 g/mol. The molecule has 1 aliphatic rings. The van der Waals surface area contributed by atoms with Gasteiger partial charge in [0.05, 0.1) is 0 Å². The fourth-order valence-electron chi connectivity index (χ4n) is 0.589. The van der Waals surface area contributed by atoms with Crippen molar-refractivity contribution in [2.75, 3.05) is 0 Å². The predicted molar refractivity (Wildman–Crippen MR) is 43.5 cm³/mol. The average molecular weight is 126 g/mol. The summed E-state index contributed by atoms with van der Waals surface area (Å²) in [6.45, 7) is 6.50. The number of allylic oxidation sites excluding steroid dienone is 2. The summed E-state index contributed by atoms with van der Waals surface area (Å²) in [5, 5.41) is 0. The van der Waals surface area contributed by atoms with Crippen LogP contribution in [-0.4, -0.2) is 0 Å². The Morgan fingerprint density at radius 1 is 1.00 bits per heavy atom. The Hall–Kier alpha value is -0.260. The van der Waals surface area contributed by atoms with Gasteiger partial charge in [-0.3, -0.25) is 0 Å². The molecule has 0 bridgehead atoms. The molecule has 0 spiro atoms. The molecule has 0 aromatic heterocycles. The van der Waals surface area contributed by atoms with Gasteiger partial charge in [0, 0.05) is 0 Å². The first-order chi connectivity index (χ1) is 4.23. The summed E-state index contributed by atoms with van der Waals surface area (Å²) in [4.78, 5) is 0. The van der Waals surface area contributed by atoms with Gasteiger partial charge < -0.3 is 0 Å². The van der Waals surface area contributed by atoms with Gasteiger partial charge in [0.25, 0.3) is 0 Å². The van der Waals surface area contributed by atoms with E-state index in [0.29, 0.717) is 0 Å². The molecule has 0 radical (unpaired) electrons. The van der Waals surface area contributed by atoms with Crippen molar-refractivity contribution < 1.29 is 0 Å². The Morgan fingerprint density at radius 2 is 1.33 bits per heavy atom. The molecule has 0 heterocycles. The van der Waals surface area contributed by atoms with Gasteiger partial charge in [-0.05, 0) is 25.2 Å². The predicted octanol–water partition coefficient (Wildman–Crippen LogP) is 3.39. The average Bonchev–Trinajstić information content (AvgIpc) is 2.11. The minimum absolute atomic E-state index is 0.833. The van der Waals surface area contributed by atoms with Gasteiger partial charge in [0.2, 0.25) is 0 Å². The van der Waals surface area contributed by atoms with E-state index in [1.54, 1.807) is 0 Å². The number of hydrogen-bond donors (Lipinski definition) is 0. The van der Waals surface area contributed by atoms with E-state index < -0.39 is 0 Å². The Bertz CT molecular complexity index is 61.4. The molecule has 0 saturated carbocycles. The summed E-state index contributed by atoms with van der Waals surface area (Å²) in [5.41, 5.74) is 0. The lowest BCUT2D eigenvalue weighted by atomic mass is 10.3.